The molecule has 0 radical (unpaired) electrons. The zero-order valence-electron chi connectivity index (χ0n) is 21.9. The van der Waals surface area contributed by atoms with Crippen LogP contribution in [0, 0.1) is 6.92 Å². The lowest BCUT2D eigenvalue weighted by Crippen LogP contribution is -2.55. The van der Waals surface area contributed by atoms with Crippen LogP contribution in [0.5, 0.6) is 0 Å². The molecule has 1 aliphatic heterocycles. The molecule has 4 nitrogen and oxygen atoms in total. The zero-order valence-corrected chi connectivity index (χ0v) is 21.9. The Morgan fingerprint density at radius 2 is 1.29 bits per heavy atom. The first kappa shape index (κ1) is 25.6. The van der Waals surface area contributed by atoms with E-state index in [4.69, 9.17) is 0 Å². The van der Waals surface area contributed by atoms with E-state index in [0.29, 0.717) is 17.7 Å². The minimum atomic E-state index is -2.25. The van der Waals surface area contributed by atoms with Gasteiger partial charge in [0.15, 0.2) is 5.78 Å². The normalized spacial score (nSPS) is 16.9. The number of carbonyl (C=O) groups is 2. The molecular weight excluding hydrogens is 470 g/mol. The maximum Gasteiger partial charge on any atom is 0.272 e. The summed E-state index contributed by atoms with van der Waals surface area (Å²) in [6, 6.07) is 35.1. The molecule has 4 heteroatoms. The van der Waals surface area contributed by atoms with Crippen molar-refractivity contribution in [3.05, 3.63) is 137 Å². The summed E-state index contributed by atoms with van der Waals surface area (Å²) in [6.45, 7) is 3.97. The smallest absolute Gasteiger partial charge is 0.272 e. The van der Waals surface area contributed by atoms with Crippen molar-refractivity contribution in [2.45, 2.75) is 50.7 Å². The Kier molecular flexibility index (Phi) is 7.00. The molecule has 1 N–H and O–H groups in total. The molecule has 1 heterocycles. The van der Waals surface area contributed by atoms with Crippen molar-refractivity contribution in [3.63, 3.8) is 0 Å². The number of amides is 1. The Labute approximate surface area is 224 Å². The Bertz CT molecular complexity index is 1340. The van der Waals surface area contributed by atoms with E-state index in [1.165, 1.54) is 0 Å². The van der Waals surface area contributed by atoms with E-state index in [2.05, 4.69) is 6.92 Å². The van der Waals surface area contributed by atoms with Gasteiger partial charge in [-0.15, -0.1) is 0 Å². The standard InChI is InChI=1S/C34H33NO3/c1-3-4-8-21-31(36)34(38)29-24-25(2)22-23-30(29)35(32(34)37)33(26-15-9-5-10-16-26,27-17-11-6-12-18-27)28-19-13-7-14-20-28/h5-7,9-20,22-24,38H,3-4,8,21H2,1-2H3/t34-/m1/s1. The highest BCUT2D eigenvalue weighted by atomic mass is 16.3. The highest BCUT2D eigenvalue weighted by Gasteiger charge is 2.60. The van der Waals surface area contributed by atoms with E-state index >= 15 is 0 Å². The second kappa shape index (κ2) is 10.4. The quantitative estimate of drug-likeness (QED) is 0.158. The van der Waals surface area contributed by atoms with Crippen LogP contribution in [0.1, 0.15) is 60.4 Å². The summed E-state index contributed by atoms with van der Waals surface area (Å²) in [7, 11) is 0. The van der Waals surface area contributed by atoms with Crippen LogP contribution in [0.3, 0.4) is 0 Å². The van der Waals surface area contributed by atoms with Crippen LogP contribution >= 0.6 is 0 Å². The first-order chi connectivity index (χ1) is 18.5. The number of carbonyl (C=O) groups excluding carboxylic acids is 2. The minimum Gasteiger partial charge on any atom is -0.369 e. The van der Waals surface area contributed by atoms with Crippen LogP contribution in [0.15, 0.2) is 109 Å². The monoisotopic (exact) mass is 503 g/mol. The molecule has 0 aromatic heterocycles. The number of rotatable bonds is 9. The third kappa shape index (κ3) is 3.97. The van der Waals surface area contributed by atoms with Crippen molar-refractivity contribution < 1.29 is 14.7 Å². The van der Waals surface area contributed by atoms with Crippen LogP contribution in [0.25, 0.3) is 0 Å². The van der Waals surface area contributed by atoms with Gasteiger partial charge in [-0.2, -0.15) is 0 Å². The maximum atomic E-state index is 14.7. The molecule has 1 aliphatic rings. The van der Waals surface area contributed by atoms with Crippen LogP contribution < -0.4 is 4.90 Å². The van der Waals surface area contributed by atoms with E-state index in [-0.39, 0.29) is 6.42 Å². The van der Waals surface area contributed by atoms with Gasteiger partial charge in [-0.05, 0) is 36.1 Å². The van der Waals surface area contributed by atoms with E-state index < -0.39 is 22.8 Å². The molecule has 0 bridgehead atoms. The molecule has 1 atom stereocenters. The van der Waals surface area contributed by atoms with Crippen molar-refractivity contribution in [1.29, 1.82) is 0 Å². The molecule has 0 saturated carbocycles. The number of benzene rings is 4. The number of Topliss-reactive ketones (excluding diaryl/α,β-unsaturated/α-hetero) is 1. The second-order valence-electron chi connectivity index (χ2n) is 10.1. The third-order valence-electron chi connectivity index (χ3n) is 7.62. The van der Waals surface area contributed by atoms with Gasteiger partial charge < -0.3 is 5.11 Å². The molecule has 4 aromatic rings. The average molecular weight is 504 g/mol. The highest BCUT2D eigenvalue weighted by Crippen LogP contribution is 2.52. The highest BCUT2D eigenvalue weighted by molar-refractivity contribution is 6.21. The van der Waals surface area contributed by atoms with Crippen molar-refractivity contribution in [2.24, 2.45) is 0 Å². The first-order valence-corrected chi connectivity index (χ1v) is 13.3. The fourth-order valence-corrected chi connectivity index (χ4v) is 5.77. The molecule has 192 valence electrons. The zero-order chi connectivity index (χ0) is 26.8. The van der Waals surface area contributed by atoms with Crippen molar-refractivity contribution in [1.82, 2.24) is 0 Å². The average Bonchev–Trinajstić information content (AvgIpc) is 3.18. The van der Waals surface area contributed by atoms with E-state index in [1.807, 2.05) is 110 Å². The summed E-state index contributed by atoms with van der Waals surface area (Å²) in [4.78, 5) is 30.1. The number of hydrogen-bond donors (Lipinski definition) is 1. The number of aliphatic hydroxyl groups is 1. The largest absolute Gasteiger partial charge is 0.369 e. The molecule has 38 heavy (non-hydrogen) atoms. The summed E-state index contributed by atoms with van der Waals surface area (Å²) in [5.41, 5.74) is 0.986. The Morgan fingerprint density at radius 3 is 1.76 bits per heavy atom. The number of anilines is 1. The van der Waals surface area contributed by atoms with Crippen LogP contribution in [-0.4, -0.2) is 16.8 Å². The number of hydrogen-bond acceptors (Lipinski definition) is 3. The van der Waals surface area contributed by atoms with Crippen molar-refractivity contribution in [2.75, 3.05) is 4.90 Å². The first-order valence-electron chi connectivity index (χ1n) is 13.3. The van der Waals surface area contributed by atoms with Crippen molar-refractivity contribution in [3.8, 4) is 0 Å². The molecule has 0 fully saturated rings. The lowest BCUT2D eigenvalue weighted by molar-refractivity contribution is -0.150. The summed E-state index contributed by atoms with van der Waals surface area (Å²) in [5.74, 6) is -1.07. The van der Waals surface area contributed by atoms with Gasteiger partial charge in [-0.3, -0.25) is 14.5 Å². The summed E-state index contributed by atoms with van der Waals surface area (Å²) >= 11 is 0. The summed E-state index contributed by atoms with van der Waals surface area (Å²) in [6.07, 6.45) is 2.59. The number of fused-ring (bicyclic) bond motifs is 1. The second-order valence-corrected chi connectivity index (χ2v) is 10.1. The van der Waals surface area contributed by atoms with Gasteiger partial charge in [0.25, 0.3) is 5.91 Å². The number of aryl methyl sites for hydroxylation is 1. The van der Waals surface area contributed by atoms with Crippen molar-refractivity contribution >= 4 is 17.4 Å². The summed E-state index contributed by atoms with van der Waals surface area (Å²) < 4.78 is 0. The van der Waals surface area contributed by atoms with Gasteiger partial charge in [0.1, 0.15) is 5.54 Å². The van der Waals surface area contributed by atoms with Gasteiger partial charge in [0.05, 0.1) is 5.69 Å². The predicted molar refractivity (Wildman–Crippen MR) is 151 cm³/mol. The predicted octanol–water partition coefficient (Wildman–Crippen LogP) is 6.67. The number of nitrogens with zero attached hydrogens (tertiary/aromatic N) is 1. The van der Waals surface area contributed by atoms with Gasteiger partial charge in [-0.25, -0.2) is 0 Å². The van der Waals surface area contributed by atoms with Crippen LogP contribution in [0.2, 0.25) is 0 Å². The van der Waals surface area contributed by atoms with Gasteiger partial charge >= 0.3 is 0 Å². The number of unbranched alkanes of at least 4 members (excludes halogenated alkanes) is 2. The van der Waals surface area contributed by atoms with E-state index in [1.54, 1.807) is 11.0 Å². The van der Waals surface area contributed by atoms with Gasteiger partial charge in [-0.1, -0.05) is 128 Å². The summed E-state index contributed by atoms with van der Waals surface area (Å²) in [5, 5.41) is 12.1. The Morgan fingerprint density at radius 1 is 0.789 bits per heavy atom. The fourth-order valence-electron chi connectivity index (χ4n) is 5.77. The lowest BCUT2D eigenvalue weighted by Gasteiger charge is -2.44. The van der Waals surface area contributed by atoms with Gasteiger partial charge in [0, 0.05) is 12.0 Å². The third-order valence-corrected chi connectivity index (χ3v) is 7.62. The van der Waals surface area contributed by atoms with E-state index in [0.717, 1.165) is 35.1 Å². The molecule has 4 aromatic carbocycles. The molecular formula is C34H33NO3. The molecule has 0 unspecified atom stereocenters. The molecule has 0 saturated heterocycles. The van der Waals surface area contributed by atoms with Gasteiger partial charge in [0.2, 0.25) is 5.60 Å². The lowest BCUT2D eigenvalue weighted by atomic mass is 9.75. The topological polar surface area (TPSA) is 57.6 Å². The molecule has 5 rings (SSSR count). The maximum absolute atomic E-state index is 14.7. The minimum absolute atomic E-state index is 0.145. The SMILES string of the molecule is CCCCCC(=O)[C@@]1(O)C(=O)N(C(c2ccccc2)(c2ccccc2)c2ccccc2)c2ccc(C)cc21. The van der Waals surface area contributed by atoms with Crippen LogP contribution in [-0.2, 0) is 20.7 Å². The molecule has 0 aliphatic carbocycles. The molecule has 0 spiro atoms. The number of ketones is 1. The Balaban J connectivity index is 1.84. The van der Waals surface area contributed by atoms with Crippen LogP contribution in [0.4, 0.5) is 5.69 Å². The molecule has 1 amide bonds. The fraction of sp³-hybridized carbons (Fsp3) is 0.235. The van der Waals surface area contributed by atoms with E-state index in [9.17, 15) is 14.7 Å². The Hall–Kier alpha value is -4.02.